The molecule has 0 saturated carbocycles. The fourth-order valence-corrected chi connectivity index (χ4v) is 5.67. The Hall–Kier alpha value is -2.97. The minimum absolute atomic E-state index is 0.000907. The Balaban J connectivity index is 1.21. The van der Waals surface area contributed by atoms with Gasteiger partial charge in [-0.15, -0.1) is 11.3 Å². The Kier molecular flexibility index (Phi) is 3.88. The van der Waals surface area contributed by atoms with Crippen molar-refractivity contribution >= 4 is 39.2 Å². The molecule has 5 heterocycles. The maximum Gasteiger partial charge on any atom is 0.233 e. The van der Waals surface area contributed by atoms with Gasteiger partial charge < -0.3 is 19.9 Å². The summed E-state index contributed by atoms with van der Waals surface area (Å²) in [5.74, 6) is -1.20. The van der Waals surface area contributed by atoms with Crippen LogP contribution in [0.15, 0.2) is 54.2 Å². The molecule has 3 aliphatic heterocycles. The van der Waals surface area contributed by atoms with Crippen LogP contribution in [0, 0.1) is 11.8 Å². The number of fused-ring (bicyclic) bond motifs is 2. The molecule has 3 aromatic rings. The number of nitrogens with one attached hydrogen (secondary N) is 2. The average molecular weight is 420 g/mol. The molecule has 7 nitrogen and oxygen atoms in total. The summed E-state index contributed by atoms with van der Waals surface area (Å²) in [5.41, 5.74) is 1.60. The number of amides is 2. The average Bonchev–Trinajstić information content (AvgIpc) is 3.55. The number of carbonyl (C=O) groups is 2. The molecule has 2 saturated heterocycles. The van der Waals surface area contributed by atoms with Gasteiger partial charge in [-0.25, -0.2) is 4.98 Å². The number of aromatic amines is 1. The molecule has 8 heteroatoms. The lowest BCUT2D eigenvalue weighted by Gasteiger charge is -2.23. The summed E-state index contributed by atoms with van der Waals surface area (Å²) in [4.78, 5) is 35.5. The number of aromatic nitrogens is 2. The zero-order chi connectivity index (χ0) is 20.3. The van der Waals surface area contributed by atoms with Gasteiger partial charge >= 0.3 is 0 Å². The minimum Gasteiger partial charge on any atom is -0.361 e. The van der Waals surface area contributed by atoms with Crippen LogP contribution < -0.4 is 5.32 Å². The van der Waals surface area contributed by atoms with Crippen molar-refractivity contribution in [3.05, 3.63) is 59.8 Å². The van der Waals surface area contributed by atoms with Crippen LogP contribution in [-0.4, -0.2) is 51.5 Å². The van der Waals surface area contributed by atoms with Crippen LogP contribution in [0.4, 0.5) is 5.13 Å². The van der Waals surface area contributed by atoms with Crippen molar-refractivity contribution in [3.63, 3.8) is 0 Å². The lowest BCUT2D eigenvalue weighted by atomic mass is 9.77. The molecule has 3 aliphatic rings. The van der Waals surface area contributed by atoms with E-state index in [1.54, 1.807) is 6.20 Å². The van der Waals surface area contributed by atoms with Crippen LogP contribution in [0.1, 0.15) is 5.56 Å². The molecular formula is C22H20N4O3S. The number of anilines is 1. The molecule has 2 bridgehead atoms. The highest BCUT2D eigenvalue weighted by Crippen LogP contribution is 2.52. The predicted molar refractivity (Wildman–Crippen MR) is 113 cm³/mol. The number of thiazole rings is 1. The van der Waals surface area contributed by atoms with Crippen molar-refractivity contribution in [2.24, 2.45) is 11.8 Å². The highest BCUT2D eigenvalue weighted by atomic mass is 32.1. The van der Waals surface area contributed by atoms with Crippen molar-refractivity contribution in [1.29, 1.82) is 0 Å². The molecule has 2 amide bonds. The summed E-state index contributed by atoms with van der Waals surface area (Å²) in [7, 11) is 0. The lowest BCUT2D eigenvalue weighted by molar-refractivity contribution is -0.135. The van der Waals surface area contributed by atoms with E-state index in [1.165, 1.54) is 22.3 Å². The topological polar surface area (TPSA) is 87.3 Å². The van der Waals surface area contributed by atoms with Crippen LogP contribution in [0.25, 0.3) is 10.9 Å². The number of rotatable bonds is 5. The quantitative estimate of drug-likeness (QED) is 0.621. The first-order valence-electron chi connectivity index (χ1n) is 10.1. The van der Waals surface area contributed by atoms with Gasteiger partial charge in [0, 0.05) is 35.2 Å². The van der Waals surface area contributed by atoms with Gasteiger partial charge in [0.2, 0.25) is 11.8 Å². The molecule has 4 atom stereocenters. The number of para-hydroxylation sites is 1. The summed E-state index contributed by atoms with van der Waals surface area (Å²) in [6.07, 6.45) is 7.97. The zero-order valence-corrected chi connectivity index (χ0v) is 16.9. The molecule has 2 fully saturated rings. The summed E-state index contributed by atoms with van der Waals surface area (Å²) in [6, 6.07) is 8.16. The van der Waals surface area contributed by atoms with Gasteiger partial charge in [0.15, 0.2) is 5.13 Å². The van der Waals surface area contributed by atoms with Crippen molar-refractivity contribution in [1.82, 2.24) is 14.9 Å². The van der Waals surface area contributed by atoms with Gasteiger partial charge in [-0.05, 0) is 18.1 Å². The van der Waals surface area contributed by atoms with E-state index in [1.807, 2.05) is 46.8 Å². The van der Waals surface area contributed by atoms with E-state index >= 15 is 0 Å². The molecule has 3 unspecified atom stereocenters. The molecule has 1 spiro atoms. The van der Waals surface area contributed by atoms with E-state index in [0.717, 1.165) is 11.9 Å². The molecule has 2 N–H and O–H groups in total. The molecule has 2 aromatic heterocycles. The molecular weight excluding hydrogens is 400 g/mol. The Morgan fingerprint density at radius 3 is 3.17 bits per heavy atom. The Labute approximate surface area is 176 Å². The minimum atomic E-state index is -0.688. The smallest absolute Gasteiger partial charge is 0.233 e. The van der Waals surface area contributed by atoms with Crippen molar-refractivity contribution < 1.29 is 14.3 Å². The molecule has 1 aromatic carbocycles. The highest BCUT2D eigenvalue weighted by molar-refractivity contribution is 7.13. The second-order valence-electron chi connectivity index (χ2n) is 8.10. The van der Waals surface area contributed by atoms with Gasteiger partial charge in [0.1, 0.15) is 5.60 Å². The van der Waals surface area contributed by atoms with Crippen molar-refractivity contribution in [3.8, 4) is 0 Å². The Bertz CT molecular complexity index is 1170. The maximum atomic E-state index is 13.3. The van der Waals surface area contributed by atoms with Crippen LogP contribution in [0.3, 0.4) is 0 Å². The van der Waals surface area contributed by atoms with Crippen LogP contribution in [-0.2, 0) is 20.7 Å². The number of likely N-dealkylation sites (tertiary alicyclic amines) is 1. The van der Waals surface area contributed by atoms with E-state index in [-0.39, 0.29) is 17.9 Å². The van der Waals surface area contributed by atoms with Gasteiger partial charge in [-0.2, -0.15) is 0 Å². The molecule has 152 valence electrons. The first kappa shape index (κ1) is 17.9. The SMILES string of the molecule is O=C(Nc1nccs1)C1C2C=C[C@]3(CN(CCc4c[nH]c5ccccc45)C(=O)C13)O2. The van der Waals surface area contributed by atoms with Gasteiger partial charge in [0.25, 0.3) is 0 Å². The first-order valence-corrected chi connectivity index (χ1v) is 10.9. The molecule has 6 rings (SSSR count). The van der Waals surface area contributed by atoms with Crippen LogP contribution >= 0.6 is 11.3 Å². The van der Waals surface area contributed by atoms with Gasteiger partial charge in [0.05, 0.1) is 24.5 Å². The Morgan fingerprint density at radius 2 is 2.30 bits per heavy atom. The van der Waals surface area contributed by atoms with E-state index < -0.39 is 17.4 Å². The highest BCUT2D eigenvalue weighted by Gasteiger charge is 2.66. The molecule has 0 aliphatic carbocycles. The number of H-pyrrole nitrogens is 1. The first-order chi connectivity index (χ1) is 14.6. The van der Waals surface area contributed by atoms with Crippen LogP contribution in [0.5, 0.6) is 0 Å². The summed E-state index contributed by atoms with van der Waals surface area (Å²) in [6.45, 7) is 1.09. The van der Waals surface area contributed by atoms with Crippen molar-refractivity contribution in [2.45, 2.75) is 18.1 Å². The molecule has 30 heavy (non-hydrogen) atoms. The largest absolute Gasteiger partial charge is 0.361 e. The van der Waals surface area contributed by atoms with E-state index in [4.69, 9.17) is 4.74 Å². The fourth-order valence-electron chi connectivity index (χ4n) is 5.13. The summed E-state index contributed by atoms with van der Waals surface area (Å²) < 4.78 is 6.19. The summed E-state index contributed by atoms with van der Waals surface area (Å²) in [5, 5.41) is 6.38. The normalized spacial score (nSPS) is 29.1. The third-order valence-corrected chi connectivity index (χ3v) is 7.16. The van der Waals surface area contributed by atoms with Gasteiger partial charge in [-0.1, -0.05) is 30.4 Å². The maximum absolute atomic E-state index is 13.3. The Morgan fingerprint density at radius 1 is 1.40 bits per heavy atom. The molecule has 0 radical (unpaired) electrons. The number of nitrogens with zero attached hydrogens (tertiary/aromatic N) is 2. The number of hydrogen-bond donors (Lipinski definition) is 2. The van der Waals surface area contributed by atoms with E-state index in [0.29, 0.717) is 18.2 Å². The fraction of sp³-hybridized carbons (Fsp3) is 0.318. The third-order valence-electron chi connectivity index (χ3n) is 6.47. The number of hydrogen-bond acceptors (Lipinski definition) is 5. The third kappa shape index (κ3) is 2.57. The second-order valence-corrected chi connectivity index (χ2v) is 8.99. The second kappa shape index (κ2) is 6.52. The van der Waals surface area contributed by atoms with Crippen LogP contribution in [0.2, 0.25) is 0 Å². The number of ether oxygens (including phenoxy) is 1. The predicted octanol–water partition coefficient (Wildman–Crippen LogP) is 2.59. The summed E-state index contributed by atoms with van der Waals surface area (Å²) >= 11 is 1.36. The number of benzene rings is 1. The number of carbonyl (C=O) groups excluding carboxylic acids is 2. The van der Waals surface area contributed by atoms with Gasteiger partial charge in [-0.3, -0.25) is 9.59 Å². The standard InChI is InChI=1S/C22H20N4O3S/c27-19(25-21-23-8-10-30-21)17-16-5-7-22(29-16)12-26(20(28)18(17)22)9-6-13-11-24-15-4-2-1-3-14(13)15/h1-5,7-8,10-11,16-18,24H,6,9,12H2,(H,23,25,27)/t16?,17?,18?,22-/m1/s1. The van der Waals surface area contributed by atoms with E-state index in [2.05, 4.69) is 21.4 Å². The van der Waals surface area contributed by atoms with E-state index in [9.17, 15) is 9.59 Å². The monoisotopic (exact) mass is 420 g/mol. The lowest BCUT2D eigenvalue weighted by Crippen LogP contribution is -2.41. The van der Waals surface area contributed by atoms with Crippen molar-refractivity contribution in [2.75, 3.05) is 18.4 Å². The zero-order valence-electron chi connectivity index (χ0n) is 16.1.